The van der Waals surface area contributed by atoms with Crippen LogP contribution in [-0.4, -0.2) is 44.2 Å². The van der Waals surface area contributed by atoms with E-state index in [1.165, 1.54) is 12.7 Å². The summed E-state index contributed by atoms with van der Waals surface area (Å²) in [5.74, 6) is 0.174. The Balaban J connectivity index is 0.00000210. The first-order valence-corrected chi connectivity index (χ1v) is 9.69. The third kappa shape index (κ3) is 4.25. The number of phosphoric acid groups is 1. The van der Waals surface area contributed by atoms with Crippen LogP contribution < -0.4 is 39.8 Å². The molecule has 1 N–H and O–H groups in total. The molecule has 2 aromatic heterocycles. The first-order chi connectivity index (χ1) is 12.5. The molecular formula is C14H17N5NaO6P. The van der Waals surface area contributed by atoms with Crippen LogP contribution in [0.3, 0.4) is 0 Å². The van der Waals surface area contributed by atoms with Gasteiger partial charge in [-0.25, -0.2) is 15.0 Å². The summed E-state index contributed by atoms with van der Waals surface area (Å²) in [5, 5.41) is 2.72. The molecule has 4 unspecified atom stereocenters. The minimum atomic E-state index is -4.27. The van der Waals surface area contributed by atoms with Crippen molar-refractivity contribution in [2.24, 2.45) is 0 Å². The number of ether oxygens (including phenoxy) is 1. The number of phosphoric ester groups is 1. The van der Waals surface area contributed by atoms with Crippen molar-refractivity contribution in [3.63, 3.8) is 0 Å². The molecule has 0 aliphatic carbocycles. The maximum absolute atomic E-state index is 11.8. The van der Waals surface area contributed by atoms with E-state index in [0.717, 1.165) is 6.42 Å². The van der Waals surface area contributed by atoms with Gasteiger partial charge in [-0.2, -0.15) is 0 Å². The van der Waals surface area contributed by atoms with Gasteiger partial charge in [-0.15, -0.1) is 0 Å². The summed E-state index contributed by atoms with van der Waals surface area (Å²) in [4.78, 5) is 35.9. The van der Waals surface area contributed by atoms with Crippen molar-refractivity contribution < 1.29 is 57.6 Å². The van der Waals surface area contributed by atoms with Crippen molar-refractivity contribution in [1.82, 2.24) is 19.5 Å². The van der Waals surface area contributed by atoms with Gasteiger partial charge in [0.1, 0.15) is 18.7 Å². The fraction of sp³-hybridized carbons (Fsp3) is 0.571. The third-order valence-electron chi connectivity index (χ3n) is 4.25. The van der Waals surface area contributed by atoms with Crippen LogP contribution in [-0.2, 0) is 23.1 Å². The van der Waals surface area contributed by atoms with Gasteiger partial charge in [-0.3, -0.25) is 13.9 Å². The van der Waals surface area contributed by atoms with E-state index < -0.39 is 26.3 Å². The van der Waals surface area contributed by atoms with E-state index in [1.54, 1.807) is 4.57 Å². The van der Waals surface area contributed by atoms with Gasteiger partial charge < -0.3 is 24.0 Å². The van der Waals surface area contributed by atoms with Gasteiger partial charge in [0, 0.05) is 12.8 Å². The topological polar surface area (TPSA) is 141 Å². The zero-order valence-electron chi connectivity index (χ0n) is 14.9. The minimum Gasteiger partial charge on any atom is -0.756 e. The van der Waals surface area contributed by atoms with Gasteiger partial charge in [0.25, 0.3) is 7.82 Å². The fourth-order valence-electron chi connectivity index (χ4n) is 3.07. The summed E-state index contributed by atoms with van der Waals surface area (Å²) in [6.45, 7) is 1.83. The molecule has 0 bridgehead atoms. The van der Waals surface area contributed by atoms with Gasteiger partial charge >= 0.3 is 29.6 Å². The maximum atomic E-state index is 11.8. The number of rotatable bonds is 4. The average molecular weight is 405 g/mol. The molecule has 0 radical (unpaired) electrons. The smallest absolute Gasteiger partial charge is 0.756 e. The number of anilines is 1. The molecule has 2 fully saturated rings. The molecule has 2 aromatic rings. The van der Waals surface area contributed by atoms with Crippen molar-refractivity contribution in [3.05, 3.63) is 12.7 Å². The number of carbonyl (C=O) groups excluding carboxylic acids is 1. The van der Waals surface area contributed by atoms with Crippen molar-refractivity contribution in [1.29, 1.82) is 0 Å². The Morgan fingerprint density at radius 3 is 3.00 bits per heavy atom. The van der Waals surface area contributed by atoms with Crippen molar-refractivity contribution in [2.45, 2.75) is 44.6 Å². The number of nitrogens with one attached hydrogen (secondary N) is 1. The molecule has 0 spiro atoms. The summed E-state index contributed by atoms with van der Waals surface area (Å²) >= 11 is 0. The molecule has 4 rings (SSSR count). The Morgan fingerprint density at radius 2 is 2.22 bits per heavy atom. The molecular weight excluding hydrogens is 388 g/mol. The second kappa shape index (κ2) is 8.22. The van der Waals surface area contributed by atoms with Crippen molar-refractivity contribution >= 4 is 30.7 Å². The first kappa shape index (κ1) is 20.8. The molecule has 0 saturated carbocycles. The molecule has 11 nitrogen and oxygen atoms in total. The standard InChI is InChI=1S/C14H18N5O6P.Na/c1-2-3-10(20)18-13-12-14(16-6-15-13)19(7-17-12)11-4-8-9(24-11)5-23-26(21,22)25-8;/h6-9,11H,2-5H2,1H3,(H,21,22)(H,15,16,18,20);/q;+1/p-1. The van der Waals surface area contributed by atoms with Crippen molar-refractivity contribution in [3.8, 4) is 0 Å². The number of hydrogen-bond donors (Lipinski definition) is 1. The Labute approximate surface area is 176 Å². The summed E-state index contributed by atoms with van der Waals surface area (Å²) in [6, 6.07) is 0. The van der Waals surface area contributed by atoms with Crippen molar-refractivity contribution in [2.75, 3.05) is 11.9 Å². The van der Waals surface area contributed by atoms with Gasteiger partial charge in [0.05, 0.1) is 19.0 Å². The van der Waals surface area contributed by atoms with Gasteiger partial charge in [-0.1, -0.05) is 6.92 Å². The number of hydrogen-bond acceptors (Lipinski definition) is 9. The molecule has 1 amide bonds. The molecule has 2 aliphatic rings. The number of amides is 1. The zero-order valence-corrected chi connectivity index (χ0v) is 17.8. The van der Waals surface area contributed by atoms with E-state index in [4.69, 9.17) is 9.26 Å². The van der Waals surface area contributed by atoms with Crippen LogP contribution in [0.15, 0.2) is 12.7 Å². The molecule has 2 saturated heterocycles. The van der Waals surface area contributed by atoms with Crippen LogP contribution >= 0.6 is 7.82 Å². The largest absolute Gasteiger partial charge is 1.00 e. The van der Waals surface area contributed by atoms with E-state index >= 15 is 0 Å². The predicted molar refractivity (Wildman–Crippen MR) is 85.8 cm³/mol. The fourth-order valence-corrected chi connectivity index (χ4v) is 4.01. The van der Waals surface area contributed by atoms with Crippen LogP contribution in [0, 0.1) is 0 Å². The van der Waals surface area contributed by atoms with E-state index in [9.17, 15) is 14.3 Å². The van der Waals surface area contributed by atoms with Crippen LogP contribution in [0.1, 0.15) is 32.4 Å². The number of nitrogens with zero attached hydrogens (tertiary/aromatic N) is 4. The van der Waals surface area contributed by atoms with Gasteiger partial charge in [0.2, 0.25) is 5.91 Å². The molecule has 27 heavy (non-hydrogen) atoms. The summed E-state index contributed by atoms with van der Waals surface area (Å²) in [7, 11) is -4.27. The maximum Gasteiger partial charge on any atom is 1.00 e. The average Bonchev–Trinajstić information content (AvgIpc) is 3.17. The number of aromatic nitrogens is 4. The number of imidazole rings is 1. The second-order valence-corrected chi connectivity index (χ2v) is 7.46. The molecule has 2 aliphatic heterocycles. The Bertz CT molecular complexity index is 894. The molecule has 4 atom stereocenters. The predicted octanol–water partition coefficient (Wildman–Crippen LogP) is -2.26. The molecule has 13 heteroatoms. The Morgan fingerprint density at radius 1 is 1.41 bits per heavy atom. The van der Waals surface area contributed by atoms with Crippen LogP contribution in [0.25, 0.3) is 11.2 Å². The van der Waals surface area contributed by atoms with E-state index in [1.807, 2.05) is 6.92 Å². The Kier molecular flexibility index (Phi) is 6.34. The van der Waals surface area contributed by atoms with E-state index in [-0.39, 0.29) is 42.1 Å². The van der Waals surface area contributed by atoms with Crippen LogP contribution in [0.2, 0.25) is 0 Å². The Hall–Kier alpha value is -0.910. The molecule has 140 valence electrons. The first-order valence-electron chi connectivity index (χ1n) is 8.23. The molecule has 4 heterocycles. The van der Waals surface area contributed by atoms with E-state index in [2.05, 4.69) is 24.8 Å². The molecule has 0 aromatic carbocycles. The summed E-state index contributed by atoms with van der Waals surface area (Å²) in [5.41, 5.74) is 0.906. The minimum absolute atomic E-state index is 0. The van der Waals surface area contributed by atoms with Crippen LogP contribution in [0.5, 0.6) is 0 Å². The second-order valence-electron chi connectivity index (χ2n) is 6.10. The third-order valence-corrected chi connectivity index (χ3v) is 5.24. The SMILES string of the molecule is CCCC(=O)Nc1ncnc2c1ncn2C1CC2OP(=O)([O-])OCC2O1.[Na+]. The van der Waals surface area contributed by atoms with Gasteiger partial charge in [-0.05, 0) is 6.42 Å². The number of carbonyl (C=O) groups is 1. The van der Waals surface area contributed by atoms with Gasteiger partial charge in [0.15, 0.2) is 17.0 Å². The number of fused-ring (bicyclic) bond motifs is 2. The zero-order chi connectivity index (χ0) is 18.3. The quantitative estimate of drug-likeness (QED) is 0.441. The summed E-state index contributed by atoms with van der Waals surface area (Å²) in [6.07, 6.45) is 2.66. The van der Waals surface area contributed by atoms with E-state index in [0.29, 0.717) is 29.8 Å². The normalized spacial score (nSPS) is 29.9. The van der Waals surface area contributed by atoms with Crippen LogP contribution in [0.4, 0.5) is 5.82 Å². The summed E-state index contributed by atoms with van der Waals surface area (Å²) < 4.78 is 28.6. The monoisotopic (exact) mass is 405 g/mol.